The Kier molecular flexibility index (Phi) is 3.93. The van der Waals surface area contributed by atoms with Crippen molar-refractivity contribution in [3.05, 3.63) is 46.1 Å². The molecular weight excluding hydrogens is 287 g/mol. The van der Waals surface area contributed by atoms with E-state index in [0.717, 1.165) is 0 Å². The van der Waals surface area contributed by atoms with Crippen molar-refractivity contribution in [1.29, 1.82) is 0 Å². The summed E-state index contributed by atoms with van der Waals surface area (Å²) in [6, 6.07) is 6.74. The zero-order valence-corrected chi connectivity index (χ0v) is 11.2. The van der Waals surface area contributed by atoms with Crippen LogP contribution in [0, 0.1) is 0 Å². The van der Waals surface area contributed by atoms with Crippen molar-refractivity contribution in [1.82, 2.24) is 4.98 Å². The lowest BCUT2D eigenvalue weighted by Crippen LogP contribution is -2.03. The van der Waals surface area contributed by atoms with E-state index in [1.54, 1.807) is 24.3 Å². The van der Waals surface area contributed by atoms with Crippen LogP contribution in [0.3, 0.4) is 0 Å². The molecule has 0 aliphatic carbocycles. The Bertz CT molecular complexity index is 624. The Labute approximate surface area is 119 Å². The van der Waals surface area contributed by atoms with Gasteiger partial charge in [0.15, 0.2) is 0 Å². The highest BCUT2D eigenvalue weighted by Crippen LogP contribution is 2.37. The summed E-state index contributed by atoms with van der Waals surface area (Å²) in [4.78, 5) is 14.7. The van der Waals surface area contributed by atoms with Gasteiger partial charge in [-0.25, -0.2) is 4.98 Å². The molecule has 0 bridgehead atoms. The van der Waals surface area contributed by atoms with Crippen LogP contribution in [-0.2, 0) is 11.2 Å². The molecule has 2 rings (SSSR count). The van der Waals surface area contributed by atoms with Crippen molar-refractivity contribution >= 4 is 35.0 Å². The maximum Gasteiger partial charge on any atom is 0.307 e. The zero-order chi connectivity index (χ0) is 14.0. The minimum atomic E-state index is -0.942. The molecule has 0 fully saturated rings. The van der Waals surface area contributed by atoms with E-state index in [2.05, 4.69) is 4.98 Å². The number of halogens is 2. The van der Waals surface area contributed by atoms with Gasteiger partial charge in [0, 0.05) is 17.3 Å². The van der Waals surface area contributed by atoms with Gasteiger partial charge in [-0.15, -0.1) is 0 Å². The van der Waals surface area contributed by atoms with E-state index in [1.165, 1.54) is 6.20 Å². The Morgan fingerprint density at radius 1 is 1.32 bits per heavy atom. The number of hydrogen-bond donors (Lipinski definition) is 2. The van der Waals surface area contributed by atoms with Gasteiger partial charge < -0.3 is 10.8 Å². The van der Waals surface area contributed by atoms with Crippen molar-refractivity contribution in [3.8, 4) is 11.1 Å². The van der Waals surface area contributed by atoms with Crippen molar-refractivity contribution in [3.63, 3.8) is 0 Å². The van der Waals surface area contributed by atoms with Gasteiger partial charge in [0.05, 0.1) is 16.5 Å². The summed E-state index contributed by atoms with van der Waals surface area (Å²) in [5.74, 6) is -0.688. The molecule has 1 aromatic carbocycles. The first kappa shape index (κ1) is 13.6. The summed E-state index contributed by atoms with van der Waals surface area (Å²) < 4.78 is 0. The van der Waals surface area contributed by atoms with Crippen LogP contribution in [0.25, 0.3) is 11.1 Å². The number of hydrogen-bond acceptors (Lipinski definition) is 3. The number of rotatable bonds is 3. The van der Waals surface area contributed by atoms with Crippen molar-refractivity contribution in [2.75, 3.05) is 5.73 Å². The highest BCUT2D eigenvalue weighted by molar-refractivity contribution is 6.39. The fraction of sp³-hybridized carbons (Fsp3) is 0.0769. The number of carboxylic acid groups (broad SMARTS) is 1. The molecule has 0 radical (unpaired) electrons. The molecule has 0 aliphatic heterocycles. The Morgan fingerprint density at radius 2 is 1.95 bits per heavy atom. The lowest BCUT2D eigenvalue weighted by atomic mass is 10.0. The lowest BCUT2D eigenvalue weighted by Gasteiger charge is -2.10. The first-order valence-corrected chi connectivity index (χ1v) is 6.15. The molecule has 0 saturated carbocycles. The third-order valence-electron chi connectivity index (χ3n) is 2.56. The number of carbonyl (C=O) groups is 1. The number of nitrogens with two attached hydrogens (primary N) is 1. The number of anilines is 1. The third-order valence-corrected chi connectivity index (χ3v) is 3.19. The second-order valence-electron chi connectivity index (χ2n) is 3.94. The number of benzene rings is 1. The molecule has 0 amide bonds. The van der Waals surface area contributed by atoms with Gasteiger partial charge in [-0.2, -0.15) is 0 Å². The monoisotopic (exact) mass is 296 g/mol. The van der Waals surface area contributed by atoms with Crippen molar-refractivity contribution in [2.45, 2.75) is 6.42 Å². The molecule has 0 unspecified atom stereocenters. The van der Waals surface area contributed by atoms with Gasteiger partial charge >= 0.3 is 5.97 Å². The van der Waals surface area contributed by atoms with E-state index in [-0.39, 0.29) is 12.2 Å². The van der Waals surface area contributed by atoms with E-state index in [0.29, 0.717) is 26.7 Å². The fourth-order valence-electron chi connectivity index (χ4n) is 1.75. The topological polar surface area (TPSA) is 76.2 Å². The van der Waals surface area contributed by atoms with E-state index in [9.17, 15) is 4.79 Å². The normalized spacial score (nSPS) is 10.4. The molecule has 1 heterocycles. The fourth-order valence-corrected chi connectivity index (χ4v) is 2.35. The smallest absolute Gasteiger partial charge is 0.307 e. The average molecular weight is 297 g/mol. The molecular formula is C13H10Cl2N2O2. The Balaban J connectivity index is 2.58. The maximum absolute atomic E-state index is 10.7. The Morgan fingerprint density at radius 3 is 2.53 bits per heavy atom. The summed E-state index contributed by atoms with van der Waals surface area (Å²) in [5, 5.41) is 9.67. The molecule has 0 aliphatic rings. The molecule has 98 valence electrons. The second-order valence-corrected chi connectivity index (χ2v) is 4.76. The van der Waals surface area contributed by atoms with Crippen LogP contribution < -0.4 is 5.73 Å². The molecule has 1 aromatic heterocycles. The van der Waals surface area contributed by atoms with Crippen molar-refractivity contribution < 1.29 is 9.90 Å². The summed E-state index contributed by atoms with van der Waals surface area (Å²) in [6.45, 7) is 0. The van der Waals surface area contributed by atoms with Gasteiger partial charge in [0.25, 0.3) is 0 Å². The summed E-state index contributed by atoms with van der Waals surface area (Å²) in [7, 11) is 0. The highest BCUT2D eigenvalue weighted by Gasteiger charge is 2.13. The molecule has 6 heteroatoms. The number of nitrogen functional groups attached to an aromatic ring is 1. The summed E-state index contributed by atoms with van der Waals surface area (Å²) >= 11 is 12.2. The van der Waals surface area contributed by atoms with Crippen LogP contribution in [0.4, 0.5) is 5.82 Å². The van der Waals surface area contributed by atoms with Gasteiger partial charge in [0.2, 0.25) is 0 Å². The number of nitrogens with zero attached hydrogens (tertiary/aromatic N) is 1. The van der Waals surface area contributed by atoms with Gasteiger partial charge in [-0.1, -0.05) is 29.3 Å². The first-order valence-electron chi connectivity index (χ1n) is 5.39. The standard InChI is InChI=1S/C13H10Cl2N2O2/c14-9-2-1-3-10(15)12(9)8-4-7(5-11(18)19)6-17-13(8)16/h1-4,6H,5H2,(H2,16,17)(H,18,19). The zero-order valence-electron chi connectivity index (χ0n) is 9.73. The Hall–Kier alpha value is -1.78. The van der Waals surface area contributed by atoms with Gasteiger partial charge in [-0.3, -0.25) is 4.79 Å². The third kappa shape index (κ3) is 2.97. The van der Waals surface area contributed by atoms with Crippen LogP contribution in [0.15, 0.2) is 30.5 Å². The van der Waals surface area contributed by atoms with E-state index in [4.69, 9.17) is 34.0 Å². The molecule has 3 N–H and O–H groups in total. The van der Waals surface area contributed by atoms with Crippen LogP contribution in [0.1, 0.15) is 5.56 Å². The van der Waals surface area contributed by atoms with E-state index >= 15 is 0 Å². The van der Waals surface area contributed by atoms with Crippen molar-refractivity contribution in [2.24, 2.45) is 0 Å². The number of carboxylic acids is 1. The van der Waals surface area contributed by atoms with E-state index in [1.807, 2.05) is 0 Å². The van der Waals surface area contributed by atoms with Crippen LogP contribution in [0.2, 0.25) is 10.0 Å². The minimum absolute atomic E-state index is 0.137. The number of aromatic nitrogens is 1. The number of aliphatic carboxylic acids is 1. The molecule has 0 atom stereocenters. The largest absolute Gasteiger partial charge is 0.481 e. The summed E-state index contributed by atoms with van der Waals surface area (Å²) in [5.41, 5.74) is 7.44. The predicted octanol–water partition coefficient (Wildman–Crippen LogP) is 3.26. The molecule has 0 saturated heterocycles. The van der Waals surface area contributed by atoms with Crippen LogP contribution in [-0.4, -0.2) is 16.1 Å². The first-order chi connectivity index (χ1) is 8.99. The SMILES string of the molecule is Nc1ncc(CC(=O)O)cc1-c1c(Cl)cccc1Cl. The predicted molar refractivity (Wildman–Crippen MR) is 75.4 cm³/mol. The van der Waals surface area contributed by atoms with Crippen LogP contribution in [0.5, 0.6) is 0 Å². The lowest BCUT2D eigenvalue weighted by molar-refractivity contribution is -0.136. The molecule has 0 spiro atoms. The summed E-state index contributed by atoms with van der Waals surface area (Å²) in [6.07, 6.45) is 1.29. The van der Waals surface area contributed by atoms with Crippen LogP contribution >= 0.6 is 23.2 Å². The average Bonchev–Trinajstić information content (AvgIpc) is 2.32. The van der Waals surface area contributed by atoms with E-state index < -0.39 is 5.97 Å². The minimum Gasteiger partial charge on any atom is -0.481 e. The second kappa shape index (κ2) is 5.47. The highest BCUT2D eigenvalue weighted by atomic mass is 35.5. The molecule has 19 heavy (non-hydrogen) atoms. The van der Waals surface area contributed by atoms with Gasteiger partial charge in [-0.05, 0) is 23.8 Å². The molecule has 2 aromatic rings. The quantitative estimate of drug-likeness (QED) is 0.911. The number of pyridine rings is 1. The molecule has 4 nitrogen and oxygen atoms in total. The van der Waals surface area contributed by atoms with Gasteiger partial charge in [0.1, 0.15) is 5.82 Å². The maximum atomic E-state index is 10.7.